The Bertz CT molecular complexity index is 823. The Hall–Kier alpha value is -2.67. The zero-order chi connectivity index (χ0) is 18.7. The van der Waals surface area contributed by atoms with E-state index < -0.39 is 6.04 Å². The highest BCUT2D eigenvalue weighted by Gasteiger charge is 2.28. The molecule has 2 aromatic rings. The number of aliphatic imine (C=N–C) groups is 1. The third-order valence-electron chi connectivity index (χ3n) is 4.02. The van der Waals surface area contributed by atoms with Crippen molar-refractivity contribution in [1.82, 2.24) is 0 Å². The number of rotatable bonds is 6. The van der Waals surface area contributed by atoms with E-state index in [2.05, 4.69) is 4.99 Å². The van der Waals surface area contributed by atoms with Crippen LogP contribution in [-0.4, -0.2) is 49.1 Å². The normalized spacial score (nSPS) is 16.1. The van der Waals surface area contributed by atoms with Gasteiger partial charge in [0.05, 0.1) is 26.4 Å². The molecule has 0 fully saturated rings. The molecule has 1 unspecified atom stereocenters. The molecule has 2 aromatic carbocycles. The van der Waals surface area contributed by atoms with E-state index in [1.54, 1.807) is 36.4 Å². The van der Waals surface area contributed by atoms with E-state index in [0.717, 1.165) is 10.6 Å². The maximum Gasteiger partial charge on any atom is 0.203 e. The lowest BCUT2D eigenvalue weighted by atomic mass is 10.0. The molecule has 0 saturated heterocycles. The Morgan fingerprint density at radius 3 is 2.23 bits per heavy atom. The largest absolute Gasteiger partial charge is 0.508 e. The van der Waals surface area contributed by atoms with E-state index >= 15 is 0 Å². The van der Waals surface area contributed by atoms with E-state index in [9.17, 15) is 9.90 Å². The first kappa shape index (κ1) is 18.1. The number of carbonyl (C=O) groups is 1. The summed E-state index contributed by atoms with van der Waals surface area (Å²) in [7, 11) is 4.54. The molecular formula is C19H19NO5S. The molecule has 1 aliphatic rings. The van der Waals surface area contributed by atoms with Crippen molar-refractivity contribution in [2.45, 2.75) is 6.04 Å². The fourth-order valence-corrected chi connectivity index (χ4v) is 3.73. The van der Waals surface area contributed by atoms with E-state index in [1.165, 1.54) is 33.1 Å². The van der Waals surface area contributed by atoms with E-state index in [1.807, 2.05) is 0 Å². The summed E-state index contributed by atoms with van der Waals surface area (Å²) < 4.78 is 15.9. The molecule has 0 aliphatic carbocycles. The van der Waals surface area contributed by atoms with Gasteiger partial charge in [0.1, 0.15) is 11.8 Å². The van der Waals surface area contributed by atoms with Crippen molar-refractivity contribution in [1.29, 1.82) is 0 Å². The van der Waals surface area contributed by atoms with Gasteiger partial charge in [-0.2, -0.15) is 0 Å². The Kier molecular flexibility index (Phi) is 5.37. The fourth-order valence-electron chi connectivity index (χ4n) is 2.69. The SMILES string of the molecule is COc1cc(C(=O)C2CSC(c3ccc(O)cc3)=N2)cc(OC)c1OC. The molecule has 6 nitrogen and oxygen atoms in total. The highest BCUT2D eigenvalue weighted by Crippen LogP contribution is 2.39. The lowest BCUT2D eigenvalue weighted by Crippen LogP contribution is -2.19. The molecule has 3 rings (SSSR count). The van der Waals surface area contributed by atoms with Gasteiger partial charge in [-0.05, 0) is 36.4 Å². The van der Waals surface area contributed by atoms with Crippen LogP contribution in [-0.2, 0) is 0 Å². The van der Waals surface area contributed by atoms with Gasteiger partial charge in [-0.1, -0.05) is 0 Å². The molecule has 136 valence electrons. The molecule has 1 atom stereocenters. The smallest absolute Gasteiger partial charge is 0.203 e. The minimum absolute atomic E-state index is 0.106. The van der Waals surface area contributed by atoms with Gasteiger partial charge >= 0.3 is 0 Å². The second-order valence-corrected chi connectivity index (χ2v) is 6.59. The van der Waals surface area contributed by atoms with Crippen molar-refractivity contribution in [3.8, 4) is 23.0 Å². The summed E-state index contributed by atoms with van der Waals surface area (Å²) >= 11 is 1.52. The molecule has 1 N–H and O–H groups in total. The van der Waals surface area contributed by atoms with Crippen LogP contribution in [0.5, 0.6) is 23.0 Å². The van der Waals surface area contributed by atoms with Gasteiger partial charge in [-0.15, -0.1) is 11.8 Å². The van der Waals surface area contributed by atoms with Crippen LogP contribution < -0.4 is 14.2 Å². The lowest BCUT2D eigenvalue weighted by Gasteiger charge is -2.14. The molecule has 0 amide bonds. The fraction of sp³-hybridized carbons (Fsp3) is 0.263. The van der Waals surface area contributed by atoms with Gasteiger partial charge in [0, 0.05) is 16.9 Å². The number of hydrogen-bond donors (Lipinski definition) is 1. The quantitative estimate of drug-likeness (QED) is 0.784. The van der Waals surface area contributed by atoms with Crippen molar-refractivity contribution in [2.75, 3.05) is 27.1 Å². The van der Waals surface area contributed by atoms with E-state index in [4.69, 9.17) is 14.2 Å². The van der Waals surface area contributed by atoms with Gasteiger partial charge in [-0.25, -0.2) is 0 Å². The molecule has 0 spiro atoms. The number of phenols is 1. The van der Waals surface area contributed by atoms with Crippen LogP contribution in [0.4, 0.5) is 0 Å². The molecule has 1 heterocycles. The predicted molar refractivity (Wildman–Crippen MR) is 101 cm³/mol. The van der Waals surface area contributed by atoms with Gasteiger partial charge in [0.2, 0.25) is 5.75 Å². The van der Waals surface area contributed by atoms with Crippen LogP contribution in [0.15, 0.2) is 41.4 Å². The molecule has 7 heteroatoms. The number of nitrogens with zero attached hydrogens (tertiary/aromatic N) is 1. The number of thioether (sulfide) groups is 1. The molecule has 0 aromatic heterocycles. The minimum atomic E-state index is -0.480. The van der Waals surface area contributed by atoms with Crippen LogP contribution >= 0.6 is 11.8 Å². The van der Waals surface area contributed by atoms with Gasteiger partial charge in [-0.3, -0.25) is 9.79 Å². The van der Waals surface area contributed by atoms with Crippen LogP contribution in [0.2, 0.25) is 0 Å². The van der Waals surface area contributed by atoms with E-state index in [0.29, 0.717) is 28.6 Å². The number of phenolic OH excluding ortho intramolecular Hbond substituents is 1. The van der Waals surface area contributed by atoms with Crippen molar-refractivity contribution < 1.29 is 24.1 Å². The first-order valence-corrected chi connectivity index (χ1v) is 8.90. The van der Waals surface area contributed by atoms with Crippen LogP contribution in [0, 0.1) is 0 Å². The highest BCUT2D eigenvalue weighted by molar-refractivity contribution is 8.14. The molecule has 26 heavy (non-hydrogen) atoms. The Balaban J connectivity index is 1.89. The number of hydrogen-bond acceptors (Lipinski definition) is 7. The van der Waals surface area contributed by atoms with Crippen LogP contribution in [0.25, 0.3) is 0 Å². The molecular weight excluding hydrogens is 354 g/mol. The standard InChI is InChI=1S/C19H19NO5S/c1-23-15-8-12(9-16(24-2)18(15)25-3)17(22)14-10-26-19(20-14)11-4-6-13(21)7-5-11/h4-9,14,21H,10H2,1-3H3. The summed E-state index contributed by atoms with van der Waals surface area (Å²) in [4.78, 5) is 17.5. The minimum Gasteiger partial charge on any atom is -0.508 e. The molecule has 1 aliphatic heterocycles. The number of ether oxygens (including phenoxy) is 3. The zero-order valence-electron chi connectivity index (χ0n) is 14.7. The summed E-state index contributed by atoms with van der Waals surface area (Å²) in [6.45, 7) is 0. The lowest BCUT2D eigenvalue weighted by molar-refractivity contribution is 0.0971. The second-order valence-electron chi connectivity index (χ2n) is 5.59. The zero-order valence-corrected chi connectivity index (χ0v) is 15.5. The number of aromatic hydroxyl groups is 1. The van der Waals surface area contributed by atoms with Crippen molar-refractivity contribution in [2.24, 2.45) is 4.99 Å². The Labute approximate surface area is 155 Å². The van der Waals surface area contributed by atoms with Crippen molar-refractivity contribution in [3.05, 3.63) is 47.5 Å². The van der Waals surface area contributed by atoms with Gasteiger partial charge in [0.25, 0.3) is 0 Å². The summed E-state index contributed by atoms with van der Waals surface area (Å²) in [6.07, 6.45) is 0. The number of carbonyl (C=O) groups excluding carboxylic acids is 1. The number of methoxy groups -OCH3 is 3. The van der Waals surface area contributed by atoms with E-state index in [-0.39, 0.29) is 11.5 Å². The van der Waals surface area contributed by atoms with Crippen molar-refractivity contribution in [3.63, 3.8) is 0 Å². The average molecular weight is 373 g/mol. The Morgan fingerprint density at radius 2 is 1.69 bits per heavy atom. The van der Waals surface area contributed by atoms with Gasteiger partial charge < -0.3 is 19.3 Å². The molecule has 0 saturated carbocycles. The first-order chi connectivity index (χ1) is 12.6. The topological polar surface area (TPSA) is 77.4 Å². The number of benzene rings is 2. The highest BCUT2D eigenvalue weighted by atomic mass is 32.2. The number of ketones is 1. The van der Waals surface area contributed by atoms with Gasteiger partial charge in [0.15, 0.2) is 17.3 Å². The monoisotopic (exact) mass is 373 g/mol. The maximum absolute atomic E-state index is 12.9. The van der Waals surface area contributed by atoms with Crippen LogP contribution in [0.3, 0.4) is 0 Å². The maximum atomic E-state index is 12.9. The molecule has 0 radical (unpaired) electrons. The average Bonchev–Trinajstić information content (AvgIpc) is 3.16. The summed E-state index contributed by atoms with van der Waals surface area (Å²) in [5.41, 5.74) is 1.34. The predicted octanol–water partition coefficient (Wildman–Crippen LogP) is 3.16. The number of Topliss-reactive ketones (excluding diaryl/α,β-unsaturated/α-hetero) is 1. The van der Waals surface area contributed by atoms with Crippen LogP contribution in [0.1, 0.15) is 15.9 Å². The summed E-state index contributed by atoms with van der Waals surface area (Å²) in [5, 5.41) is 10.2. The summed E-state index contributed by atoms with van der Waals surface area (Å²) in [5.74, 6) is 1.96. The third kappa shape index (κ3) is 3.48. The second kappa shape index (κ2) is 7.70. The van der Waals surface area contributed by atoms with Crippen molar-refractivity contribution >= 4 is 22.6 Å². The first-order valence-electron chi connectivity index (χ1n) is 7.91. The third-order valence-corrected chi connectivity index (χ3v) is 5.11. The Morgan fingerprint density at radius 1 is 1.08 bits per heavy atom. The summed E-state index contributed by atoms with van der Waals surface area (Å²) in [6, 6.07) is 9.58. The molecule has 0 bridgehead atoms.